The zero-order valence-electron chi connectivity index (χ0n) is 7.85. The molecule has 2 N–H and O–H groups in total. The first-order chi connectivity index (χ1) is 6.77. The quantitative estimate of drug-likeness (QED) is 0.759. The fraction of sp³-hybridized carbons (Fsp3) is 0.364. The number of hydrogen-bond acceptors (Lipinski definition) is 2. The van der Waals surface area contributed by atoms with E-state index in [4.69, 9.17) is 10.5 Å². The van der Waals surface area contributed by atoms with Crippen molar-refractivity contribution in [2.45, 2.75) is 18.4 Å². The van der Waals surface area contributed by atoms with Crippen LogP contribution in [0.5, 0.6) is 0 Å². The van der Waals surface area contributed by atoms with Gasteiger partial charge in [0, 0.05) is 5.92 Å². The van der Waals surface area contributed by atoms with Crippen molar-refractivity contribution in [2.24, 2.45) is 5.73 Å². The van der Waals surface area contributed by atoms with E-state index >= 15 is 0 Å². The number of hydrogen-bond donors (Lipinski definition) is 1. The lowest BCUT2D eigenvalue weighted by Gasteiger charge is -2.06. The van der Waals surface area contributed by atoms with Gasteiger partial charge in [0.25, 0.3) is 0 Å². The van der Waals surface area contributed by atoms with Crippen LogP contribution in [-0.2, 0) is 9.53 Å². The van der Waals surface area contributed by atoms with Crippen molar-refractivity contribution < 1.29 is 9.53 Å². The van der Waals surface area contributed by atoms with Crippen molar-refractivity contribution in [1.29, 1.82) is 0 Å². The zero-order valence-corrected chi connectivity index (χ0v) is 7.85. The average molecular weight is 191 g/mol. The maximum Gasteiger partial charge on any atom is 0.246 e. The van der Waals surface area contributed by atoms with Crippen molar-refractivity contribution in [3.63, 3.8) is 0 Å². The monoisotopic (exact) mass is 191 g/mol. The molecule has 0 aromatic heterocycles. The number of rotatable bonds is 2. The first kappa shape index (κ1) is 9.21. The van der Waals surface area contributed by atoms with E-state index in [0.717, 1.165) is 0 Å². The fourth-order valence-corrected chi connectivity index (χ4v) is 1.78. The van der Waals surface area contributed by atoms with E-state index in [-0.39, 0.29) is 5.91 Å². The van der Waals surface area contributed by atoms with Crippen molar-refractivity contribution >= 4 is 5.91 Å². The molecule has 14 heavy (non-hydrogen) atoms. The average Bonchev–Trinajstić information content (AvgIpc) is 2.68. The Hall–Kier alpha value is -1.35. The molecule has 1 saturated heterocycles. The van der Waals surface area contributed by atoms with Crippen molar-refractivity contribution in [2.75, 3.05) is 6.61 Å². The summed E-state index contributed by atoms with van der Waals surface area (Å²) in [7, 11) is 0. The van der Waals surface area contributed by atoms with Gasteiger partial charge in [0.2, 0.25) is 5.91 Å². The van der Waals surface area contributed by atoms with Gasteiger partial charge in [0.1, 0.15) is 6.10 Å². The van der Waals surface area contributed by atoms with Gasteiger partial charge in [0.05, 0.1) is 6.61 Å². The standard InChI is InChI=1S/C11H13NO2/c12-11(13)10-6-9(7-14-10)8-4-2-1-3-5-8/h1-5,9-10H,6-7H2,(H2,12,13). The molecule has 2 rings (SSSR count). The van der Waals surface area contributed by atoms with Gasteiger partial charge in [0.15, 0.2) is 0 Å². The minimum absolute atomic E-state index is 0.314. The molecule has 0 saturated carbocycles. The summed E-state index contributed by atoms with van der Waals surface area (Å²) in [6.07, 6.45) is 0.305. The van der Waals surface area contributed by atoms with E-state index in [1.165, 1.54) is 5.56 Å². The van der Waals surface area contributed by atoms with E-state index in [9.17, 15) is 4.79 Å². The van der Waals surface area contributed by atoms with Gasteiger partial charge in [-0.05, 0) is 12.0 Å². The lowest BCUT2D eigenvalue weighted by atomic mass is 9.96. The van der Waals surface area contributed by atoms with E-state index in [2.05, 4.69) is 12.1 Å². The molecule has 1 aliphatic rings. The van der Waals surface area contributed by atoms with Crippen LogP contribution in [0.4, 0.5) is 0 Å². The number of carbonyl (C=O) groups excluding carboxylic acids is 1. The molecule has 0 spiro atoms. The Morgan fingerprint density at radius 2 is 2.07 bits per heavy atom. The Morgan fingerprint density at radius 3 is 2.64 bits per heavy atom. The summed E-state index contributed by atoms with van der Waals surface area (Å²) >= 11 is 0. The van der Waals surface area contributed by atoms with Crippen LogP contribution in [0.3, 0.4) is 0 Å². The number of carbonyl (C=O) groups is 1. The van der Waals surface area contributed by atoms with E-state index in [0.29, 0.717) is 18.9 Å². The van der Waals surface area contributed by atoms with Gasteiger partial charge in [-0.1, -0.05) is 30.3 Å². The highest BCUT2D eigenvalue weighted by molar-refractivity contribution is 5.79. The van der Waals surface area contributed by atoms with Crippen LogP contribution in [0.25, 0.3) is 0 Å². The number of benzene rings is 1. The van der Waals surface area contributed by atoms with Crippen LogP contribution in [0, 0.1) is 0 Å². The Labute approximate surface area is 82.9 Å². The first-order valence-electron chi connectivity index (χ1n) is 4.73. The van der Waals surface area contributed by atoms with E-state index in [1.54, 1.807) is 0 Å². The molecule has 3 nitrogen and oxygen atoms in total. The minimum atomic E-state index is -0.403. The molecule has 1 amide bonds. The first-order valence-corrected chi connectivity index (χ1v) is 4.73. The summed E-state index contributed by atoms with van der Waals surface area (Å²) in [6, 6.07) is 10.1. The van der Waals surface area contributed by atoms with Gasteiger partial charge < -0.3 is 10.5 Å². The predicted molar refractivity (Wildman–Crippen MR) is 52.7 cm³/mol. The molecule has 0 radical (unpaired) electrons. The maximum absolute atomic E-state index is 10.9. The summed E-state index contributed by atoms with van der Waals surface area (Å²) in [4.78, 5) is 10.9. The SMILES string of the molecule is NC(=O)C1CC(c2ccccc2)CO1. The third-order valence-corrected chi connectivity index (χ3v) is 2.59. The summed E-state index contributed by atoms with van der Waals surface area (Å²) in [5, 5.41) is 0. The zero-order chi connectivity index (χ0) is 9.97. The Balaban J connectivity index is 2.06. The number of amides is 1. The fourth-order valence-electron chi connectivity index (χ4n) is 1.78. The summed E-state index contributed by atoms with van der Waals surface area (Å²) in [5.74, 6) is -0.0443. The summed E-state index contributed by atoms with van der Waals surface area (Å²) < 4.78 is 5.31. The third kappa shape index (κ3) is 1.77. The van der Waals surface area contributed by atoms with Crippen LogP contribution in [0.2, 0.25) is 0 Å². The molecule has 1 fully saturated rings. The Kier molecular flexibility index (Phi) is 2.50. The molecular formula is C11H13NO2. The minimum Gasteiger partial charge on any atom is -0.368 e. The van der Waals surface area contributed by atoms with Crippen molar-refractivity contribution in [1.82, 2.24) is 0 Å². The van der Waals surface area contributed by atoms with Crippen LogP contribution in [-0.4, -0.2) is 18.6 Å². The Morgan fingerprint density at radius 1 is 1.36 bits per heavy atom. The molecule has 1 aromatic carbocycles. The molecule has 2 unspecified atom stereocenters. The lowest BCUT2D eigenvalue weighted by molar-refractivity contribution is -0.126. The second-order valence-electron chi connectivity index (χ2n) is 3.57. The third-order valence-electron chi connectivity index (χ3n) is 2.59. The topological polar surface area (TPSA) is 52.3 Å². The molecule has 0 aliphatic carbocycles. The van der Waals surface area contributed by atoms with Gasteiger partial charge in [-0.2, -0.15) is 0 Å². The predicted octanol–water partition coefficient (Wildman–Crippen LogP) is 1.04. The number of primary amides is 1. The second kappa shape index (κ2) is 3.80. The van der Waals surface area contributed by atoms with Gasteiger partial charge in [-0.15, -0.1) is 0 Å². The maximum atomic E-state index is 10.9. The normalized spacial score (nSPS) is 26.3. The largest absolute Gasteiger partial charge is 0.368 e. The molecule has 1 heterocycles. The number of ether oxygens (including phenoxy) is 1. The second-order valence-corrected chi connectivity index (χ2v) is 3.57. The highest BCUT2D eigenvalue weighted by atomic mass is 16.5. The smallest absolute Gasteiger partial charge is 0.246 e. The molecule has 1 aromatic rings. The molecule has 1 aliphatic heterocycles. The van der Waals surface area contributed by atoms with E-state index < -0.39 is 6.10 Å². The molecular weight excluding hydrogens is 178 g/mol. The van der Waals surface area contributed by atoms with Gasteiger partial charge in [-0.25, -0.2) is 0 Å². The van der Waals surface area contributed by atoms with Crippen LogP contribution < -0.4 is 5.73 Å². The summed E-state index contributed by atoms with van der Waals surface area (Å²) in [6.45, 7) is 0.595. The van der Waals surface area contributed by atoms with Crippen LogP contribution >= 0.6 is 0 Å². The summed E-state index contributed by atoms with van der Waals surface area (Å²) in [5.41, 5.74) is 6.39. The molecule has 74 valence electrons. The van der Waals surface area contributed by atoms with E-state index in [1.807, 2.05) is 18.2 Å². The van der Waals surface area contributed by atoms with Gasteiger partial charge in [-0.3, -0.25) is 4.79 Å². The van der Waals surface area contributed by atoms with Crippen LogP contribution in [0.15, 0.2) is 30.3 Å². The molecule has 3 heteroatoms. The van der Waals surface area contributed by atoms with Crippen molar-refractivity contribution in [3.8, 4) is 0 Å². The highest BCUT2D eigenvalue weighted by Gasteiger charge is 2.29. The Bertz CT molecular complexity index is 323. The highest BCUT2D eigenvalue weighted by Crippen LogP contribution is 2.28. The lowest BCUT2D eigenvalue weighted by Crippen LogP contribution is -2.27. The van der Waals surface area contributed by atoms with Crippen LogP contribution in [0.1, 0.15) is 17.9 Å². The van der Waals surface area contributed by atoms with Gasteiger partial charge >= 0.3 is 0 Å². The number of nitrogens with two attached hydrogens (primary N) is 1. The van der Waals surface area contributed by atoms with Crippen molar-refractivity contribution in [3.05, 3.63) is 35.9 Å². The molecule has 0 bridgehead atoms. The molecule has 2 atom stereocenters.